The molecule has 1 amide bonds. The molecule has 0 bridgehead atoms. The zero-order valence-corrected chi connectivity index (χ0v) is 17.0. The first kappa shape index (κ1) is 20.8. The number of benzene rings is 1. The molecule has 156 valence electrons. The molecular formula is C20H27N5O4. The minimum absolute atomic E-state index is 0.200. The van der Waals surface area contributed by atoms with Crippen LogP contribution >= 0.6 is 0 Å². The summed E-state index contributed by atoms with van der Waals surface area (Å²) in [6.45, 7) is 4.79. The van der Waals surface area contributed by atoms with Crippen molar-refractivity contribution < 1.29 is 19.1 Å². The smallest absolute Gasteiger partial charge is 0.410 e. The number of hydrogen-bond acceptors (Lipinski definition) is 7. The highest BCUT2D eigenvalue weighted by Gasteiger charge is 2.37. The third-order valence-electron chi connectivity index (χ3n) is 4.97. The van der Waals surface area contributed by atoms with E-state index < -0.39 is 18.1 Å². The molecule has 9 heteroatoms. The molecule has 1 saturated heterocycles. The van der Waals surface area contributed by atoms with E-state index in [1.165, 1.54) is 11.8 Å². The van der Waals surface area contributed by atoms with Gasteiger partial charge in [-0.3, -0.25) is 4.90 Å². The standard InChI is InChI=1S/C20H27N5O4/c1-14(2)12-17(19(26)28-3)25-18(21-22-23-25)16-10-7-11-24(16)20(27)29-13-15-8-5-4-6-9-15/h4-6,8-9,14,16-17H,7,10-13H2,1-3H3/t16?,17-/m0/s1. The third kappa shape index (κ3) is 4.90. The molecule has 2 atom stereocenters. The molecule has 0 N–H and O–H groups in total. The lowest BCUT2D eigenvalue weighted by molar-refractivity contribution is -0.145. The fraction of sp³-hybridized carbons (Fsp3) is 0.550. The molecule has 1 unspecified atom stereocenters. The van der Waals surface area contributed by atoms with Crippen LogP contribution < -0.4 is 0 Å². The van der Waals surface area contributed by atoms with Gasteiger partial charge in [-0.05, 0) is 41.2 Å². The topological polar surface area (TPSA) is 99.4 Å². The second-order valence-electron chi connectivity index (χ2n) is 7.54. The van der Waals surface area contributed by atoms with Crippen molar-refractivity contribution in [3.63, 3.8) is 0 Å². The Morgan fingerprint density at radius 3 is 2.69 bits per heavy atom. The number of nitrogens with zero attached hydrogens (tertiary/aromatic N) is 5. The van der Waals surface area contributed by atoms with Crippen LogP contribution in [0.5, 0.6) is 0 Å². The Hall–Kier alpha value is -2.97. The number of rotatable bonds is 7. The van der Waals surface area contributed by atoms with Crippen LogP contribution in [0, 0.1) is 5.92 Å². The van der Waals surface area contributed by atoms with Crippen LogP contribution in [-0.2, 0) is 20.9 Å². The van der Waals surface area contributed by atoms with E-state index in [4.69, 9.17) is 9.47 Å². The van der Waals surface area contributed by atoms with Crippen LogP contribution in [0.15, 0.2) is 30.3 Å². The number of aromatic nitrogens is 4. The Labute approximate surface area is 170 Å². The van der Waals surface area contributed by atoms with Gasteiger partial charge in [0, 0.05) is 6.54 Å². The van der Waals surface area contributed by atoms with E-state index in [0.29, 0.717) is 25.2 Å². The zero-order valence-electron chi connectivity index (χ0n) is 17.0. The summed E-state index contributed by atoms with van der Waals surface area (Å²) >= 11 is 0. The predicted octanol–water partition coefficient (Wildman–Crippen LogP) is 2.91. The number of amides is 1. The first-order valence-electron chi connectivity index (χ1n) is 9.84. The number of tetrazole rings is 1. The molecule has 1 aromatic heterocycles. The predicted molar refractivity (Wildman–Crippen MR) is 104 cm³/mol. The molecular weight excluding hydrogens is 374 g/mol. The first-order valence-corrected chi connectivity index (χ1v) is 9.84. The number of hydrogen-bond donors (Lipinski definition) is 0. The lowest BCUT2D eigenvalue weighted by Gasteiger charge is -2.25. The zero-order chi connectivity index (χ0) is 20.8. The highest BCUT2D eigenvalue weighted by atomic mass is 16.6. The maximum Gasteiger partial charge on any atom is 0.410 e. The number of likely N-dealkylation sites (tertiary alicyclic amines) is 1. The summed E-state index contributed by atoms with van der Waals surface area (Å²) in [6, 6.07) is 8.55. The average molecular weight is 401 g/mol. The highest BCUT2D eigenvalue weighted by Crippen LogP contribution is 2.33. The van der Waals surface area contributed by atoms with E-state index >= 15 is 0 Å². The average Bonchev–Trinajstić information content (AvgIpc) is 3.39. The summed E-state index contributed by atoms with van der Waals surface area (Å²) in [7, 11) is 1.35. The van der Waals surface area contributed by atoms with Crippen molar-refractivity contribution in [1.29, 1.82) is 0 Å². The summed E-state index contributed by atoms with van der Waals surface area (Å²) in [4.78, 5) is 26.7. The first-order chi connectivity index (χ1) is 14.0. The normalized spacial score (nSPS) is 17.4. The minimum atomic E-state index is -0.632. The molecule has 1 aliphatic heterocycles. The number of esters is 1. The molecule has 2 aromatic rings. The quantitative estimate of drug-likeness (QED) is 0.658. The molecule has 0 aliphatic carbocycles. The van der Waals surface area contributed by atoms with Crippen LogP contribution in [0.25, 0.3) is 0 Å². The van der Waals surface area contributed by atoms with Crippen LogP contribution in [0.2, 0.25) is 0 Å². The second-order valence-corrected chi connectivity index (χ2v) is 7.54. The molecule has 3 rings (SSSR count). The van der Waals surface area contributed by atoms with Gasteiger partial charge in [0.25, 0.3) is 0 Å². The molecule has 1 aromatic carbocycles. The largest absolute Gasteiger partial charge is 0.467 e. The maximum atomic E-state index is 12.7. The molecule has 0 saturated carbocycles. The Bertz CT molecular complexity index is 823. The molecule has 9 nitrogen and oxygen atoms in total. The van der Waals surface area contributed by atoms with E-state index in [9.17, 15) is 9.59 Å². The van der Waals surface area contributed by atoms with E-state index in [2.05, 4.69) is 15.5 Å². The summed E-state index contributed by atoms with van der Waals surface area (Å²) in [6.07, 6.45) is 1.64. The van der Waals surface area contributed by atoms with Gasteiger partial charge in [-0.1, -0.05) is 44.2 Å². The fourth-order valence-electron chi connectivity index (χ4n) is 3.58. The Balaban J connectivity index is 1.76. The lowest BCUT2D eigenvalue weighted by atomic mass is 10.0. The molecule has 29 heavy (non-hydrogen) atoms. The van der Waals surface area contributed by atoms with Gasteiger partial charge in [-0.25, -0.2) is 14.3 Å². The Kier molecular flexibility index (Phi) is 6.79. The highest BCUT2D eigenvalue weighted by molar-refractivity contribution is 5.74. The summed E-state index contributed by atoms with van der Waals surface area (Å²) in [5.41, 5.74) is 0.920. The van der Waals surface area contributed by atoms with Crippen LogP contribution in [0.1, 0.15) is 56.6 Å². The van der Waals surface area contributed by atoms with Crippen molar-refractivity contribution in [3.8, 4) is 0 Å². The van der Waals surface area contributed by atoms with Gasteiger partial charge in [0.15, 0.2) is 11.9 Å². The monoisotopic (exact) mass is 401 g/mol. The second kappa shape index (κ2) is 9.49. The SMILES string of the molecule is COC(=O)[C@H](CC(C)C)n1nnnc1C1CCCN1C(=O)OCc1ccccc1. The molecule has 1 fully saturated rings. The van der Waals surface area contributed by atoms with Crippen molar-refractivity contribution in [2.45, 2.75) is 51.8 Å². The maximum absolute atomic E-state index is 12.7. The van der Waals surface area contributed by atoms with Crippen molar-refractivity contribution in [2.75, 3.05) is 13.7 Å². The number of carbonyl (C=O) groups is 2. The molecule has 1 aliphatic rings. The van der Waals surface area contributed by atoms with Gasteiger partial charge < -0.3 is 9.47 Å². The van der Waals surface area contributed by atoms with Crippen molar-refractivity contribution >= 4 is 12.1 Å². The summed E-state index contributed by atoms with van der Waals surface area (Å²) in [5.74, 6) is 0.324. The number of ether oxygens (including phenoxy) is 2. The van der Waals surface area contributed by atoms with Gasteiger partial charge in [0.1, 0.15) is 6.61 Å². The summed E-state index contributed by atoms with van der Waals surface area (Å²) < 4.78 is 11.9. The lowest BCUT2D eigenvalue weighted by Crippen LogP contribution is -2.34. The van der Waals surface area contributed by atoms with Gasteiger partial charge in [-0.2, -0.15) is 0 Å². The van der Waals surface area contributed by atoms with Crippen molar-refractivity contribution in [2.24, 2.45) is 5.92 Å². The van der Waals surface area contributed by atoms with Crippen molar-refractivity contribution in [3.05, 3.63) is 41.7 Å². The third-order valence-corrected chi connectivity index (χ3v) is 4.97. The van der Waals surface area contributed by atoms with E-state index in [-0.39, 0.29) is 18.6 Å². The van der Waals surface area contributed by atoms with E-state index in [1.807, 2.05) is 44.2 Å². The minimum Gasteiger partial charge on any atom is -0.467 e. The summed E-state index contributed by atoms with van der Waals surface area (Å²) in [5, 5.41) is 12.0. The van der Waals surface area contributed by atoms with Crippen LogP contribution in [0.4, 0.5) is 4.79 Å². The number of carbonyl (C=O) groups excluding carboxylic acids is 2. The molecule has 2 heterocycles. The van der Waals surface area contributed by atoms with Gasteiger partial charge in [-0.15, -0.1) is 5.10 Å². The fourth-order valence-corrected chi connectivity index (χ4v) is 3.58. The van der Waals surface area contributed by atoms with Crippen molar-refractivity contribution in [1.82, 2.24) is 25.1 Å². The van der Waals surface area contributed by atoms with E-state index in [1.54, 1.807) is 4.90 Å². The van der Waals surface area contributed by atoms with Crippen LogP contribution in [-0.4, -0.2) is 50.8 Å². The van der Waals surface area contributed by atoms with Gasteiger partial charge in [0.2, 0.25) is 0 Å². The van der Waals surface area contributed by atoms with Crippen LogP contribution in [0.3, 0.4) is 0 Å². The van der Waals surface area contributed by atoms with Gasteiger partial charge >= 0.3 is 12.1 Å². The van der Waals surface area contributed by atoms with Gasteiger partial charge in [0.05, 0.1) is 13.2 Å². The molecule has 0 radical (unpaired) electrons. The number of methoxy groups -OCH3 is 1. The Morgan fingerprint density at radius 2 is 2.00 bits per heavy atom. The Morgan fingerprint density at radius 1 is 1.24 bits per heavy atom. The molecule has 0 spiro atoms. The van der Waals surface area contributed by atoms with E-state index in [0.717, 1.165) is 12.0 Å².